The van der Waals surface area contributed by atoms with Gasteiger partial charge in [-0.15, -0.1) is 0 Å². The maximum Gasteiger partial charge on any atom is 0.289 e. The number of benzene rings is 1. The monoisotopic (exact) mass is 325 g/mol. The number of amides is 1. The van der Waals surface area contributed by atoms with Gasteiger partial charge in [-0.1, -0.05) is 18.2 Å². The van der Waals surface area contributed by atoms with Crippen LogP contribution in [0.1, 0.15) is 16.1 Å². The summed E-state index contributed by atoms with van der Waals surface area (Å²) in [4.78, 5) is 16.3. The van der Waals surface area contributed by atoms with E-state index in [1.165, 1.54) is 0 Å². The maximum absolute atomic E-state index is 12.1. The molecule has 1 amide bonds. The molecular weight excluding hydrogens is 310 g/mol. The summed E-state index contributed by atoms with van der Waals surface area (Å²) < 4.78 is 1.78. The number of hydrogen-bond donors (Lipinski definition) is 3. The number of hydrazine groups is 1. The van der Waals surface area contributed by atoms with E-state index in [4.69, 9.17) is 12.2 Å². The third-order valence-corrected chi connectivity index (χ3v) is 3.37. The molecule has 1 aromatic carbocycles. The summed E-state index contributed by atoms with van der Waals surface area (Å²) >= 11 is 5.15. The molecule has 0 bridgehead atoms. The Bertz CT molecular complexity index is 841. The molecule has 2 heterocycles. The normalized spacial score (nSPS) is 10.3. The largest absolute Gasteiger partial charge is 0.331 e. The van der Waals surface area contributed by atoms with E-state index < -0.39 is 0 Å². The number of aryl methyl sites for hydroxylation is 1. The van der Waals surface area contributed by atoms with E-state index in [-0.39, 0.29) is 5.91 Å². The lowest BCUT2D eigenvalue weighted by molar-refractivity contribution is 0.0940. The topological polar surface area (TPSA) is 70.5 Å². The molecule has 0 aliphatic rings. The lowest BCUT2D eigenvalue weighted by Crippen LogP contribution is -2.43. The van der Waals surface area contributed by atoms with E-state index in [1.54, 1.807) is 10.6 Å². The molecule has 0 radical (unpaired) electrons. The number of nitrogens with one attached hydrogen (secondary N) is 3. The highest BCUT2D eigenvalue weighted by molar-refractivity contribution is 7.80. The average Bonchev–Trinajstić information content (AvgIpc) is 2.97. The van der Waals surface area contributed by atoms with E-state index in [0.717, 1.165) is 11.3 Å². The summed E-state index contributed by atoms with van der Waals surface area (Å²) in [5.41, 5.74) is 8.17. The van der Waals surface area contributed by atoms with Crippen LogP contribution in [0.25, 0.3) is 5.65 Å². The van der Waals surface area contributed by atoms with Crippen molar-refractivity contribution < 1.29 is 4.79 Å². The fourth-order valence-electron chi connectivity index (χ4n) is 2.11. The quantitative estimate of drug-likeness (QED) is 0.498. The first-order valence-electron chi connectivity index (χ1n) is 6.99. The minimum atomic E-state index is -0.359. The van der Waals surface area contributed by atoms with Crippen LogP contribution in [0, 0.1) is 6.92 Å². The molecule has 116 valence electrons. The van der Waals surface area contributed by atoms with Crippen LogP contribution in [0.3, 0.4) is 0 Å². The Kier molecular flexibility index (Phi) is 4.20. The highest BCUT2D eigenvalue weighted by atomic mass is 32.1. The Morgan fingerprint density at radius 3 is 2.83 bits per heavy atom. The van der Waals surface area contributed by atoms with Crippen molar-refractivity contribution in [1.29, 1.82) is 0 Å². The Morgan fingerprint density at radius 2 is 2.04 bits per heavy atom. The van der Waals surface area contributed by atoms with Crippen molar-refractivity contribution in [2.75, 3.05) is 5.32 Å². The van der Waals surface area contributed by atoms with E-state index in [9.17, 15) is 4.79 Å². The fourth-order valence-corrected chi connectivity index (χ4v) is 2.28. The number of fused-ring (bicyclic) bond motifs is 1. The zero-order valence-corrected chi connectivity index (χ0v) is 13.2. The van der Waals surface area contributed by atoms with Crippen molar-refractivity contribution in [3.05, 3.63) is 66.1 Å². The van der Waals surface area contributed by atoms with Gasteiger partial charge in [-0.25, -0.2) is 4.98 Å². The Morgan fingerprint density at radius 1 is 1.17 bits per heavy atom. The lowest BCUT2D eigenvalue weighted by Gasteiger charge is -2.11. The third kappa shape index (κ3) is 3.64. The molecule has 0 atom stereocenters. The number of pyridine rings is 1. The minimum absolute atomic E-state index is 0.299. The van der Waals surface area contributed by atoms with Crippen LogP contribution in [0.4, 0.5) is 5.69 Å². The van der Waals surface area contributed by atoms with Crippen molar-refractivity contribution in [3.8, 4) is 0 Å². The molecule has 3 aromatic rings. The Hall–Kier alpha value is -2.93. The SMILES string of the molecule is Cc1cccc(NC(=S)NNC(=O)c2cn3ccccc3n2)c1. The number of anilines is 1. The first-order chi connectivity index (χ1) is 11.1. The van der Waals surface area contributed by atoms with Gasteiger partial charge in [0, 0.05) is 18.1 Å². The predicted octanol–water partition coefficient (Wildman–Crippen LogP) is 2.27. The van der Waals surface area contributed by atoms with Crippen LogP contribution in [0.2, 0.25) is 0 Å². The molecule has 0 fully saturated rings. The van der Waals surface area contributed by atoms with Crippen molar-refractivity contribution in [2.45, 2.75) is 6.92 Å². The lowest BCUT2D eigenvalue weighted by atomic mass is 10.2. The molecule has 3 rings (SSSR count). The number of aromatic nitrogens is 2. The molecule has 0 spiro atoms. The molecule has 0 aliphatic carbocycles. The van der Waals surface area contributed by atoms with Crippen LogP contribution in [0.15, 0.2) is 54.9 Å². The number of carbonyl (C=O) groups excluding carboxylic acids is 1. The Balaban J connectivity index is 1.59. The van der Waals surface area contributed by atoms with E-state index >= 15 is 0 Å². The zero-order valence-electron chi connectivity index (χ0n) is 12.4. The van der Waals surface area contributed by atoms with Gasteiger partial charge in [-0.2, -0.15) is 0 Å². The van der Waals surface area contributed by atoms with E-state index in [2.05, 4.69) is 21.2 Å². The number of hydrogen-bond acceptors (Lipinski definition) is 3. The van der Waals surface area contributed by atoms with Crippen LogP contribution in [0.5, 0.6) is 0 Å². The van der Waals surface area contributed by atoms with Crippen molar-refractivity contribution in [2.24, 2.45) is 0 Å². The van der Waals surface area contributed by atoms with Gasteiger partial charge in [-0.3, -0.25) is 15.6 Å². The second-order valence-corrected chi connectivity index (χ2v) is 5.40. The first-order valence-corrected chi connectivity index (χ1v) is 7.40. The number of imidazole rings is 1. The molecule has 0 saturated heterocycles. The zero-order chi connectivity index (χ0) is 16.2. The van der Waals surface area contributed by atoms with Crippen LogP contribution in [-0.2, 0) is 0 Å². The first kappa shape index (κ1) is 15.0. The molecule has 7 heteroatoms. The van der Waals surface area contributed by atoms with Crippen molar-refractivity contribution in [1.82, 2.24) is 20.2 Å². The van der Waals surface area contributed by atoms with Gasteiger partial charge in [0.05, 0.1) is 0 Å². The molecule has 3 N–H and O–H groups in total. The Labute approximate surface area is 138 Å². The van der Waals surface area contributed by atoms with Gasteiger partial charge in [0.15, 0.2) is 5.11 Å². The van der Waals surface area contributed by atoms with Crippen molar-refractivity contribution in [3.63, 3.8) is 0 Å². The summed E-state index contributed by atoms with van der Waals surface area (Å²) in [5.74, 6) is -0.359. The standard InChI is InChI=1S/C16H15N5OS/c1-11-5-4-6-12(9-11)17-16(23)20-19-15(22)13-10-21-8-3-2-7-14(21)18-13/h2-10H,1H3,(H,19,22)(H2,17,20,23). The predicted molar refractivity (Wildman–Crippen MR) is 93.2 cm³/mol. The van der Waals surface area contributed by atoms with Crippen LogP contribution < -0.4 is 16.2 Å². The van der Waals surface area contributed by atoms with Gasteiger partial charge in [0.25, 0.3) is 5.91 Å². The van der Waals surface area contributed by atoms with Gasteiger partial charge < -0.3 is 9.72 Å². The average molecular weight is 325 g/mol. The molecule has 6 nitrogen and oxygen atoms in total. The number of rotatable bonds is 2. The number of thiocarbonyl (C=S) groups is 1. The highest BCUT2D eigenvalue weighted by Gasteiger charge is 2.10. The maximum atomic E-state index is 12.1. The number of nitrogens with zero attached hydrogens (tertiary/aromatic N) is 2. The minimum Gasteiger partial charge on any atom is -0.331 e. The molecule has 0 unspecified atom stereocenters. The van der Waals surface area contributed by atoms with E-state index in [0.29, 0.717) is 16.5 Å². The van der Waals surface area contributed by atoms with Crippen molar-refractivity contribution >= 4 is 34.6 Å². The summed E-state index contributed by atoms with van der Waals surface area (Å²) in [6.45, 7) is 1.99. The number of carbonyl (C=O) groups is 1. The second-order valence-electron chi connectivity index (χ2n) is 4.99. The molecule has 23 heavy (non-hydrogen) atoms. The van der Waals surface area contributed by atoms with Gasteiger partial charge in [0.2, 0.25) is 0 Å². The molecule has 0 saturated carbocycles. The summed E-state index contributed by atoms with van der Waals surface area (Å²) in [6, 6.07) is 13.3. The molecule has 0 aliphatic heterocycles. The van der Waals surface area contributed by atoms with Crippen LogP contribution >= 0.6 is 12.2 Å². The summed E-state index contributed by atoms with van der Waals surface area (Å²) in [7, 11) is 0. The van der Waals surface area contributed by atoms with Gasteiger partial charge in [0.1, 0.15) is 11.3 Å². The smallest absolute Gasteiger partial charge is 0.289 e. The highest BCUT2D eigenvalue weighted by Crippen LogP contribution is 2.09. The molecule has 2 aromatic heterocycles. The summed E-state index contributed by atoms with van der Waals surface area (Å²) in [6.07, 6.45) is 3.49. The third-order valence-electron chi connectivity index (χ3n) is 3.16. The van der Waals surface area contributed by atoms with Crippen LogP contribution in [-0.4, -0.2) is 20.4 Å². The second kappa shape index (κ2) is 6.45. The summed E-state index contributed by atoms with van der Waals surface area (Å²) in [5, 5.41) is 3.29. The van der Waals surface area contributed by atoms with Gasteiger partial charge >= 0.3 is 0 Å². The molecular formula is C16H15N5OS. The van der Waals surface area contributed by atoms with E-state index in [1.807, 2.05) is 55.6 Å². The van der Waals surface area contributed by atoms with Gasteiger partial charge in [-0.05, 0) is 49.0 Å². The fraction of sp³-hybridized carbons (Fsp3) is 0.0625.